The molecule has 0 spiro atoms. The van der Waals surface area contributed by atoms with Crippen LogP contribution in [0.1, 0.15) is 41.6 Å². The zero-order valence-corrected chi connectivity index (χ0v) is 25.9. The summed E-state index contributed by atoms with van der Waals surface area (Å²) in [5.74, 6) is -0.840. The number of anilines is 3. The monoisotopic (exact) mass is 674 g/mol. The van der Waals surface area contributed by atoms with Crippen LogP contribution in [-0.2, 0) is 23.9 Å². The largest absolute Gasteiger partial charge is 0.505 e. The number of aromatic hydroxyl groups is 1. The summed E-state index contributed by atoms with van der Waals surface area (Å²) in [6, 6.07) is 4.65. The molecule has 2 saturated heterocycles. The fourth-order valence-corrected chi connectivity index (χ4v) is 6.03. The number of nitrogens with zero attached hydrogens (tertiary/aromatic N) is 9. The second-order valence-corrected chi connectivity index (χ2v) is 11.4. The van der Waals surface area contributed by atoms with Crippen LogP contribution in [0.5, 0.6) is 5.75 Å². The summed E-state index contributed by atoms with van der Waals surface area (Å²) in [5.41, 5.74) is -1.05. The third-order valence-electron chi connectivity index (χ3n) is 8.13. The Kier molecular flexibility index (Phi) is 8.65. The minimum atomic E-state index is -4.71. The molecular weight excluding hydrogens is 645 g/mol. The molecule has 2 aliphatic rings. The first-order valence-electron chi connectivity index (χ1n) is 15.0. The van der Waals surface area contributed by atoms with Gasteiger partial charge in [0.1, 0.15) is 23.7 Å². The molecule has 6 rings (SSSR count). The fraction of sp³-hybridized carbons (Fsp3) is 0.414. The molecule has 2 N–H and O–H groups in total. The van der Waals surface area contributed by atoms with Crippen LogP contribution >= 0.6 is 11.6 Å². The average Bonchev–Trinajstić information content (AvgIpc) is 3.74. The number of carbonyl (C=O) groups is 2. The van der Waals surface area contributed by atoms with Crippen molar-refractivity contribution in [2.75, 3.05) is 54.4 Å². The maximum absolute atomic E-state index is 14.0. The van der Waals surface area contributed by atoms with Gasteiger partial charge in [-0.1, -0.05) is 18.5 Å². The molecule has 0 saturated carbocycles. The van der Waals surface area contributed by atoms with Gasteiger partial charge in [0.2, 0.25) is 17.6 Å². The van der Waals surface area contributed by atoms with Gasteiger partial charge in [-0.3, -0.25) is 14.4 Å². The molecule has 2 amide bonds. The number of nitrogens with one attached hydrogen (secondary N) is 1. The fourth-order valence-electron chi connectivity index (χ4n) is 5.83. The number of aromatic nitrogens is 6. The van der Waals surface area contributed by atoms with E-state index in [1.807, 2.05) is 16.7 Å². The van der Waals surface area contributed by atoms with Gasteiger partial charge in [0.05, 0.1) is 11.4 Å². The molecule has 0 bridgehead atoms. The number of halogens is 4. The smallest absolute Gasteiger partial charge is 0.433 e. The van der Waals surface area contributed by atoms with E-state index in [0.29, 0.717) is 31.2 Å². The van der Waals surface area contributed by atoms with Gasteiger partial charge in [0, 0.05) is 45.5 Å². The average molecular weight is 675 g/mol. The molecule has 0 radical (unpaired) electrons. The molecule has 47 heavy (non-hydrogen) atoms. The second kappa shape index (κ2) is 12.7. The third-order valence-corrected chi connectivity index (χ3v) is 8.41. The lowest BCUT2D eigenvalue weighted by Crippen LogP contribution is -2.51. The highest BCUT2D eigenvalue weighted by molar-refractivity contribution is 6.32. The van der Waals surface area contributed by atoms with Crippen LogP contribution < -0.4 is 20.7 Å². The van der Waals surface area contributed by atoms with Crippen molar-refractivity contribution in [1.29, 1.82) is 0 Å². The molecule has 248 valence electrons. The minimum Gasteiger partial charge on any atom is -0.505 e. The number of pyridine rings is 2. The van der Waals surface area contributed by atoms with Crippen LogP contribution in [0.15, 0.2) is 35.3 Å². The summed E-state index contributed by atoms with van der Waals surface area (Å²) in [4.78, 5) is 57.8. The van der Waals surface area contributed by atoms with Crippen LogP contribution in [0.3, 0.4) is 0 Å². The number of amides is 2. The summed E-state index contributed by atoms with van der Waals surface area (Å²) >= 11 is 5.98. The van der Waals surface area contributed by atoms with E-state index < -0.39 is 34.4 Å². The quantitative estimate of drug-likeness (QED) is 0.280. The normalized spacial score (nSPS) is 15.5. The molecule has 0 unspecified atom stereocenters. The lowest BCUT2D eigenvalue weighted by atomic mass is 10.2. The van der Waals surface area contributed by atoms with Crippen molar-refractivity contribution < 1.29 is 27.9 Å². The van der Waals surface area contributed by atoms with Crippen molar-refractivity contribution >= 4 is 46.5 Å². The molecule has 2 fully saturated rings. The number of piperazine rings is 1. The van der Waals surface area contributed by atoms with E-state index in [-0.39, 0.29) is 61.3 Å². The molecule has 0 aliphatic carbocycles. The Morgan fingerprint density at radius 3 is 2.38 bits per heavy atom. The predicted octanol–water partition coefficient (Wildman–Crippen LogP) is 2.82. The second-order valence-electron chi connectivity index (χ2n) is 11.1. The Hall–Kier alpha value is -4.93. The molecule has 6 heterocycles. The van der Waals surface area contributed by atoms with E-state index in [9.17, 15) is 32.7 Å². The molecule has 18 heteroatoms. The maximum atomic E-state index is 14.0. The predicted molar refractivity (Wildman–Crippen MR) is 165 cm³/mol. The van der Waals surface area contributed by atoms with E-state index >= 15 is 0 Å². The Bertz CT molecular complexity index is 1900. The van der Waals surface area contributed by atoms with Gasteiger partial charge in [-0.2, -0.15) is 22.7 Å². The highest BCUT2D eigenvalue weighted by Crippen LogP contribution is 2.31. The summed E-state index contributed by atoms with van der Waals surface area (Å²) in [5, 5.41) is 16.6. The zero-order chi connectivity index (χ0) is 33.5. The number of alkyl halides is 3. The number of carbonyl (C=O) groups excluding carboxylic acids is 2. The zero-order valence-electron chi connectivity index (χ0n) is 25.2. The summed E-state index contributed by atoms with van der Waals surface area (Å²) in [6.07, 6.45) is -1.10. The first-order valence-corrected chi connectivity index (χ1v) is 15.3. The van der Waals surface area contributed by atoms with E-state index in [0.717, 1.165) is 29.5 Å². The van der Waals surface area contributed by atoms with E-state index in [1.165, 1.54) is 23.2 Å². The first-order chi connectivity index (χ1) is 22.5. The van der Waals surface area contributed by atoms with Gasteiger partial charge in [-0.15, -0.1) is 5.10 Å². The molecule has 14 nitrogen and oxygen atoms in total. The standard InChI is InChI=1S/C29H30ClF3N10O4/c1-2-18-23(39-12-14-40(15-13-39)25(46)22-19(44)6-5-9-34-22)26(47)43-28(37-27(38-43)41-10-3-4-11-41)42(18)16-21(45)35-17-7-8-20(29(31,32)33)36-24(17)30/h5-9,44H,2-4,10-16H2,1H3,(H,35,45). The molecule has 2 aliphatic heterocycles. The van der Waals surface area contributed by atoms with Gasteiger partial charge < -0.3 is 29.7 Å². The van der Waals surface area contributed by atoms with Crippen molar-refractivity contribution in [3.8, 4) is 5.75 Å². The van der Waals surface area contributed by atoms with Gasteiger partial charge >= 0.3 is 6.18 Å². The van der Waals surface area contributed by atoms with Crippen LogP contribution in [0.25, 0.3) is 5.78 Å². The molecule has 0 atom stereocenters. The maximum Gasteiger partial charge on any atom is 0.433 e. The van der Waals surface area contributed by atoms with Crippen molar-refractivity contribution in [1.82, 2.24) is 34.0 Å². The number of fused-ring (bicyclic) bond motifs is 1. The summed E-state index contributed by atoms with van der Waals surface area (Å²) in [6.45, 7) is 3.85. The SMILES string of the molecule is CCc1c(N2CCN(C(=O)c3ncccc3O)CC2)c(=O)n2nc(N3CCCC3)nc2n1CC(=O)Nc1ccc(C(F)(F)F)nc1Cl. The van der Waals surface area contributed by atoms with Gasteiger partial charge in [-0.05, 0) is 43.5 Å². The van der Waals surface area contributed by atoms with E-state index in [4.69, 9.17) is 11.6 Å². The van der Waals surface area contributed by atoms with E-state index in [1.54, 1.807) is 4.57 Å². The topological polar surface area (TPSA) is 154 Å². The van der Waals surface area contributed by atoms with Gasteiger partial charge in [-0.25, -0.2) is 9.97 Å². The van der Waals surface area contributed by atoms with Crippen molar-refractivity contribution in [3.05, 3.63) is 63.1 Å². The number of rotatable bonds is 7. The van der Waals surface area contributed by atoms with Crippen LogP contribution in [0.4, 0.5) is 30.5 Å². The highest BCUT2D eigenvalue weighted by Gasteiger charge is 2.34. The highest BCUT2D eigenvalue weighted by atomic mass is 35.5. The Morgan fingerprint density at radius 2 is 1.74 bits per heavy atom. The Labute approximate surface area is 270 Å². The molecule has 4 aromatic heterocycles. The Morgan fingerprint density at radius 1 is 1.02 bits per heavy atom. The van der Waals surface area contributed by atoms with Crippen molar-refractivity contribution in [2.45, 2.75) is 38.9 Å². The van der Waals surface area contributed by atoms with E-state index in [2.05, 4.69) is 25.4 Å². The van der Waals surface area contributed by atoms with Crippen molar-refractivity contribution in [2.24, 2.45) is 0 Å². The van der Waals surface area contributed by atoms with Crippen LogP contribution in [0.2, 0.25) is 5.15 Å². The molecule has 4 aromatic rings. The summed E-state index contributed by atoms with van der Waals surface area (Å²) in [7, 11) is 0. The molecular formula is C29H30ClF3N10O4. The van der Waals surface area contributed by atoms with Gasteiger partial charge in [0.15, 0.2) is 10.8 Å². The third kappa shape index (κ3) is 6.26. The van der Waals surface area contributed by atoms with Gasteiger partial charge in [0.25, 0.3) is 11.5 Å². The van der Waals surface area contributed by atoms with Crippen LogP contribution in [0, 0.1) is 0 Å². The number of hydrogen-bond donors (Lipinski definition) is 2. The lowest BCUT2D eigenvalue weighted by molar-refractivity contribution is -0.141. The Balaban J connectivity index is 1.33. The lowest BCUT2D eigenvalue weighted by Gasteiger charge is -2.36. The minimum absolute atomic E-state index is 0.0645. The summed E-state index contributed by atoms with van der Waals surface area (Å²) < 4.78 is 42.0. The van der Waals surface area contributed by atoms with Crippen molar-refractivity contribution in [3.63, 3.8) is 0 Å². The first kappa shape index (κ1) is 32.0. The molecule has 0 aromatic carbocycles. The number of hydrogen-bond acceptors (Lipinski definition) is 10. The van der Waals surface area contributed by atoms with Crippen LogP contribution in [-0.4, -0.2) is 90.2 Å².